The van der Waals surface area contributed by atoms with Gasteiger partial charge in [-0.25, -0.2) is 0 Å². The van der Waals surface area contributed by atoms with Crippen molar-refractivity contribution in [3.63, 3.8) is 0 Å². The quantitative estimate of drug-likeness (QED) is 0.379. The van der Waals surface area contributed by atoms with E-state index in [2.05, 4.69) is 29.9 Å². The molecule has 0 unspecified atom stereocenters. The fourth-order valence-corrected chi connectivity index (χ4v) is 4.10. The van der Waals surface area contributed by atoms with Crippen molar-refractivity contribution in [3.8, 4) is 34.3 Å². The first-order valence-electron chi connectivity index (χ1n) is 9.80. The van der Waals surface area contributed by atoms with Crippen molar-refractivity contribution in [2.75, 3.05) is 14.2 Å². The number of hydrogen-bond acceptors (Lipinski definition) is 9. The lowest BCUT2D eigenvalue weighted by molar-refractivity contribution is 0.355. The van der Waals surface area contributed by atoms with Crippen molar-refractivity contribution in [2.24, 2.45) is 0 Å². The molecule has 1 saturated carbocycles. The van der Waals surface area contributed by atoms with Crippen LogP contribution in [0.3, 0.4) is 0 Å². The molecule has 4 aromatic rings. The first-order chi connectivity index (χ1) is 15.3. The SMILES string of the molecule is COc1ccc(-c2noc(CSc3nnc(-c4cccnc4)n3C3CC3)n2)cc1OC. The van der Waals surface area contributed by atoms with Crippen LogP contribution in [-0.4, -0.2) is 44.1 Å². The fraction of sp³-hybridized carbons (Fsp3) is 0.286. The first kappa shape index (κ1) is 19.6. The summed E-state index contributed by atoms with van der Waals surface area (Å²) in [6.07, 6.45) is 5.82. The van der Waals surface area contributed by atoms with Gasteiger partial charge in [-0.1, -0.05) is 16.9 Å². The Balaban J connectivity index is 1.34. The maximum Gasteiger partial charge on any atom is 0.237 e. The number of hydrogen-bond donors (Lipinski definition) is 0. The summed E-state index contributed by atoms with van der Waals surface area (Å²) in [7, 11) is 3.19. The van der Waals surface area contributed by atoms with Crippen LogP contribution in [0.5, 0.6) is 11.5 Å². The Morgan fingerprint density at radius 3 is 2.71 bits per heavy atom. The van der Waals surface area contributed by atoms with Crippen LogP contribution in [0.25, 0.3) is 22.8 Å². The lowest BCUT2D eigenvalue weighted by atomic mass is 10.2. The molecule has 0 aliphatic heterocycles. The summed E-state index contributed by atoms with van der Waals surface area (Å²) in [5.41, 5.74) is 1.75. The van der Waals surface area contributed by atoms with Gasteiger partial charge >= 0.3 is 0 Å². The van der Waals surface area contributed by atoms with Crippen LogP contribution < -0.4 is 9.47 Å². The van der Waals surface area contributed by atoms with Gasteiger partial charge in [0.05, 0.1) is 20.0 Å². The van der Waals surface area contributed by atoms with E-state index in [4.69, 9.17) is 14.0 Å². The van der Waals surface area contributed by atoms with Gasteiger partial charge in [-0.15, -0.1) is 10.2 Å². The highest BCUT2D eigenvalue weighted by Gasteiger charge is 2.30. The molecule has 3 aromatic heterocycles. The van der Waals surface area contributed by atoms with Gasteiger partial charge < -0.3 is 14.0 Å². The van der Waals surface area contributed by atoms with Gasteiger partial charge in [-0.3, -0.25) is 9.55 Å². The van der Waals surface area contributed by atoms with Crippen molar-refractivity contribution in [1.82, 2.24) is 29.9 Å². The number of nitrogens with zero attached hydrogens (tertiary/aromatic N) is 6. The molecule has 0 amide bonds. The summed E-state index contributed by atoms with van der Waals surface area (Å²) in [6, 6.07) is 9.84. The van der Waals surface area contributed by atoms with E-state index in [1.165, 1.54) is 11.8 Å². The number of aromatic nitrogens is 6. The molecular formula is C21H20N6O3S. The molecule has 3 heterocycles. The van der Waals surface area contributed by atoms with Gasteiger partial charge in [-0.05, 0) is 43.2 Å². The zero-order valence-electron chi connectivity index (χ0n) is 17.1. The third kappa shape index (κ3) is 3.98. The fourth-order valence-electron chi connectivity index (χ4n) is 3.26. The Bertz CT molecular complexity index is 1190. The van der Waals surface area contributed by atoms with Crippen LogP contribution >= 0.6 is 11.8 Å². The highest BCUT2D eigenvalue weighted by atomic mass is 32.2. The maximum atomic E-state index is 5.46. The van der Waals surface area contributed by atoms with Gasteiger partial charge in [0.1, 0.15) is 0 Å². The molecule has 0 spiro atoms. The van der Waals surface area contributed by atoms with Gasteiger partial charge in [0.2, 0.25) is 11.7 Å². The van der Waals surface area contributed by atoms with Crippen molar-refractivity contribution in [1.29, 1.82) is 0 Å². The maximum absolute atomic E-state index is 5.46. The number of ether oxygens (including phenoxy) is 2. The van der Waals surface area contributed by atoms with Crippen LogP contribution in [0, 0.1) is 0 Å². The van der Waals surface area contributed by atoms with Gasteiger partial charge in [0, 0.05) is 29.6 Å². The molecule has 31 heavy (non-hydrogen) atoms. The Morgan fingerprint density at radius 1 is 1.10 bits per heavy atom. The zero-order valence-corrected chi connectivity index (χ0v) is 17.9. The van der Waals surface area contributed by atoms with E-state index in [1.807, 2.05) is 36.5 Å². The monoisotopic (exact) mass is 436 g/mol. The Hall–Kier alpha value is -3.40. The molecule has 5 rings (SSSR count). The largest absolute Gasteiger partial charge is 0.493 e. The lowest BCUT2D eigenvalue weighted by Gasteiger charge is -2.07. The van der Waals surface area contributed by atoms with E-state index < -0.39 is 0 Å². The van der Waals surface area contributed by atoms with Crippen molar-refractivity contribution in [3.05, 3.63) is 48.6 Å². The van der Waals surface area contributed by atoms with Crippen LogP contribution in [0.4, 0.5) is 0 Å². The van der Waals surface area contributed by atoms with E-state index in [0.29, 0.717) is 35.0 Å². The van der Waals surface area contributed by atoms with E-state index in [1.54, 1.807) is 20.4 Å². The molecule has 158 valence electrons. The molecule has 0 atom stereocenters. The minimum atomic E-state index is 0.428. The minimum absolute atomic E-state index is 0.428. The van der Waals surface area contributed by atoms with E-state index in [9.17, 15) is 0 Å². The predicted molar refractivity (Wildman–Crippen MR) is 114 cm³/mol. The van der Waals surface area contributed by atoms with Crippen LogP contribution in [0.1, 0.15) is 24.8 Å². The molecule has 9 nitrogen and oxygen atoms in total. The number of thioether (sulfide) groups is 1. The topological polar surface area (TPSA) is 101 Å². The molecule has 1 aliphatic rings. The summed E-state index contributed by atoms with van der Waals surface area (Å²) in [6.45, 7) is 0. The third-order valence-electron chi connectivity index (χ3n) is 4.93. The van der Waals surface area contributed by atoms with Crippen LogP contribution in [0.15, 0.2) is 52.4 Å². The summed E-state index contributed by atoms with van der Waals surface area (Å²) < 4.78 is 18.3. The average Bonchev–Trinajstić information content (AvgIpc) is 3.39. The minimum Gasteiger partial charge on any atom is -0.493 e. The Kier molecular flexibility index (Phi) is 5.29. The molecular weight excluding hydrogens is 416 g/mol. The molecule has 0 N–H and O–H groups in total. The molecule has 1 aromatic carbocycles. The molecule has 1 fully saturated rings. The van der Waals surface area contributed by atoms with Crippen molar-refractivity contribution in [2.45, 2.75) is 29.8 Å². The Labute approximate surface area is 182 Å². The van der Waals surface area contributed by atoms with E-state index in [0.717, 1.165) is 34.9 Å². The van der Waals surface area contributed by atoms with Gasteiger partial charge in [0.15, 0.2) is 22.5 Å². The molecule has 1 aliphatic carbocycles. The van der Waals surface area contributed by atoms with E-state index >= 15 is 0 Å². The van der Waals surface area contributed by atoms with Crippen molar-refractivity contribution >= 4 is 11.8 Å². The summed E-state index contributed by atoms with van der Waals surface area (Å²) >= 11 is 1.53. The summed E-state index contributed by atoms with van der Waals surface area (Å²) in [4.78, 5) is 8.72. The van der Waals surface area contributed by atoms with Crippen molar-refractivity contribution < 1.29 is 14.0 Å². The average molecular weight is 436 g/mol. The second kappa shape index (κ2) is 8.38. The molecule has 10 heteroatoms. The first-order valence-corrected chi connectivity index (χ1v) is 10.8. The summed E-state index contributed by atoms with van der Waals surface area (Å²) in [5.74, 6) is 3.61. The van der Waals surface area contributed by atoms with Gasteiger partial charge in [-0.2, -0.15) is 4.98 Å². The van der Waals surface area contributed by atoms with Crippen LogP contribution in [-0.2, 0) is 5.75 Å². The number of rotatable bonds is 8. The molecule has 0 saturated heterocycles. The standard InChI is InChI=1S/C21H20N6O3S/c1-28-16-8-5-13(10-17(16)29-2)19-23-18(30-26-19)12-31-21-25-24-20(27(21)15-6-7-15)14-4-3-9-22-11-14/h3-5,8-11,15H,6-7,12H2,1-2H3. The zero-order chi connectivity index (χ0) is 21.2. The molecule has 0 radical (unpaired) electrons. The molecule has 0 bridgehead atoms. The van der Waals surface area contributed by atoms with Crippen LogP contribution in [0.2, 0.25) is 0 Å². The number of pyridine rings is 1. The third-order valence-corrected chi connectivity index (χ3v) is 5.86. The lowest BCUT2D eigenvalue weighted by Crippen LogP contribution is -2.00. The second-order valence-corrected chi connectivity index (χ2v) is 7.96. The Morgan fingerprint density at radius 2 is 1.97 bits per heavy atom. The normalized spacial score (nSPS) is 13.4. The number of methoxy groups -OCH3 is 2. The smallest absolute Gasteiger partial charge is 0.237 e. The highest BCUT2D eigenvalue weighted by molar-refractivity contribution is 7.98. The second-order valence-electron chi connectivity index (χ2n) is 7.02. The predicted octanol–water partition coefficient (Wildman–Crippen LogP) is 4.03. The van der Waals surface area contributed by atoms with E-state index in [-0.39, 0.29) is 0 Å². The number of benzene rings is 1. The highest BCUT2D eigenvalue weighted by Crippen LogP contribution is 2.41. The van der Waals surface area contributed by atoms with Gasteiger partial charge in [0.25, 0.3) is 0 Å². The summed E-state index contributed by atoms with van der Waals surface area (Å²) in [5, 5.41) is 13.8.